The molecule has 1 N–H and O–H groups in total. The van der Waals surface area contributed by atoms with Crippen molar-refractivity contribution in [2.75, 3.05) is 20.8 Å². The maximum atomic E-state index is 12.9. The molecule has 3 rings (SSSR count). The number of benzene rings is 2. The average molecular weight is 427 g/mol. The first-order chi connectivity index (χ1) is 12.0. The fraction of sp³-hybridized carbons (Fsp3) is 0.278. The molecule has 0 saturated carbocycles. The Morgan fingerprint density at radius 3 is 2.60 bits per heavy atom. The highest BCUT2D eigenvalue weighted by Crippen LogP contribution is 2.40. The van der Waals surface area contributed by atoms with Gasteiger partial charge >= 0.3 is 0 Å². The Bertz CT molecular complexity index is 827. The molecule has 0 bridgehead atoms. The number of rotatable bonds is 3. The third-order valence-electron chi connectivity index (χ3n) is 4.24. The minimum Gasteiger partial charge on any atom is -0.496 e. The molecule has 132 valence electrons. The van der Waals surface area contributed by atoms with Crippen LogP contribution in [0.1, 0.15) is 27.6 Å². The summed E-state index contributed by atoms with van der Waals surface area (Å²) in [5, 5.41) is 11.1. The monoisotopic (exact) mass is 425 g/mol. The Hall–Kier alpha value is -1.76. The number of hydrogen-bond acceptors (Lipinski definition) is 4. The van der Waals surface area contributed by atoms with Crippen molar-refractivity contribution in [3.8, 4) is 11.5 Å². The van der Waals surface area contributed by atoms with Gasteiger partial charge in [-0.05, 0) is 46.3 Å². The van der Waals surface area contributed by atoms with Gasteiger partial charge in [-0.15, -0.1) is 0 Å². The van der Waals surface area contributed by atoms with E-state index in [0.29, 0.717) is 38.7 Å². The summed E-state index contributed by atoms with van der Waals surface area (Å²) < 4.78 is 11.4. The number of halogens is 2. The third-order valence-corrected chi connectivity index (χ3v) is 5.16. The molecule has 1 unspecified atom stereocenters. The molecule has 0 fully saturated rings. The summed E-state index contributed by atoms with van der Waals surface area (Å²) in [4.78, 5) is 14.5. The number of amides is 1. The second-order valence-electron chi connectivity index (χ2n) is 5.69. The maximum Gasteiger partial charge on any atom is 0.255 e. The third kappa shape index (κ3) is 3.34. The quantitative estimate of drug-likeness (QED) is 0.811. The molecule has 0 aliphatic carbocycles. The number of aliphatic hydroxyl groups is 1. The van der Waals surface area contributed by atoms with E-state index in [2.05, 4.69) is 15.9 Å². The number of carbonyl (C=O) groups is 1. The van der Waals surface area contributed by atoms with Gasteiger partial charge in [-0.3, -0.25) is 4.79 Å². The molecular formula is C18H17BrClNO4. The van der Waals surface area contributed by atoms with Gasteiger partial charge in [0.05, 0.1) is 32.9 Å². The van der Waals surface area contributed by atoms with Gasteiger partial charge in [-0.25, -0.2) is 0 Å². The van der Waals surface area contributed by atoms with Gasteiger partial charge in [0.25, 0.3) is 5.91 Å². The molecule has 0 radical (unpaired) electrons. The molecule has 0 saturated heterocycles. The standard InChI is InChI=1S/C18H17BrClNO4/c1-24-15-5-6-16(25-2)17-12(15)8-21(9-14(17)22)18(23)11-7-10(20)3-4-13(11)19/h3-7,14,22H,8-9H2,1-2H3. The van der Waals surface area contributed by atoms with E-state index in [1.165, 1.54) is 0 Å². The molecule has 1 amide bonds. The lowest BCUT2D eigenvalue weighted by Gasteiger charge is -2.34. The van der Waals surface area contributed by atoms with Crippen molar-refractivity contribution in [2.24, 2.45) is 0 Å². The molecule has 1 aliphatic heterocycles. The van der Waals surface area contributed by atoms with Crippen LogP contribution >= 0.6 is 27.5 Å². The number of fused-ring (bicyclic) bond motifs is 1. The zero-order valence-electron chi connectivity index (χ0n) is 13.8. The van der Waals surface area contributed by atoms with Crippen LogP contribution in [0.25, 0.3) is 0 Å². The minimum absolute atomic E-state index is 0.161. The van der Waals surface area contributed by atoms with Gasteiger partial charge in [-0.2, -0.15) is 0 Å². The zero-order chi connectivity index (χ0) is 18.1. The highest BCUT2D eigenvalue weighted by molar-refractivity contribution is 9.10. The van der Waals surface area contributed by atoms with Crippen LogP contribution in [0, 0.1) is 0 Å². The number of carbonyl (C=O) groups excluding carboxylic acids is 1. The minimum atomic E-state index is -0.865. The largest absolute Gasteiger partial charge is 0.496 e. The predicted molar refractivity (Wildman–Crippen MR) is 98.4 cm³/mol. The maximum absolute atomic E-state index is 12.9. The van der Waals surface area contributed by atoms with Crippen LogP contribution in [0.5, 0.6) is 11.5 Å². The number of β-amino-alcohol motifs (C(OH)–C–C–N with tert-alkyl or cyclic N) is 1. The van der Waals surface area contributed by atoms with Crippen molar-refractivity contribution in [3.63, 3.8) is 0 Å². The van der Waals surface area contributed by atoms with Crippen LogP contribution in [-0.4, -0.2) is 36.7 Å². The fourth-order valence-corrected chi connectivity index (χ4v) is 3.65. The lowest BCUT2D eigenvalue weighted by Crippen LogP contribution is -2.38. The van der Waals surface area contributed by atoms with Crippen LogP contribution in [0.2, 0.25) is 5.02 Å². The molecule has 2 aromatic rings. The Labute approximate surface area is 159 Å². The van der Waals surface area contributed by atoms with Crippen LogP contribution in [0.15, 0.2) is 34.8 Å². The van der Waals surface area contributed by atoms with E-state index in [1.54, 1.807) is 49.5 Å². The number of methoxy groups -OCH3 is 2. The summed E-state index contributed by atoms with van der Waals surface area (Å²) in [6.07, 6.45) is -0.865. The van der Waals surface area contributed by atoms with E-state index >= 15 is 0 Å². The lowest BCUT2D eigenvalue weighted by molar-refractivity contribution is 0.0537. The number of hydrogen-bond donors (Lipinski definition) is 1. The molecule has 2 aromatic carbocycles. The van der Waals surface area contributed by atoms with Crippen LogP contribution in [-0.2, 0) is 6.54 Å². The highest BCUT2D eigenvalue weighted by atomic mass is 79.9. The second-order valence-corrected chi connectivity index (χ2v) is 6.98. The molecular weight excluding hydrogens is 410 g/mol. The highest BCUT2D eigenvalue weighted by Gasteiger charge is 2.32. The first-order valence-corrected chi connectivity index (χ1v) is 8.79. The Morgan fingerprint density at radius 2 is 1.92 bits per heavy atom. The summed E-state index contributed by atoms with van der Waals surface area (Å²) >= 11 is 9.40. The summed E-state index contributed by atoms with van der Waals surface area (Å²) in [6.45, 7) is 0.471. The van der Waals surface area contributed by atoms with E-state index in [0.717, 1.165) is 5.56 Å². The fourth-order valence-electron chi connectivity index (χ4n) is 3.06. The number of aliphatic hydroxyl groups excluding tert-OH is 1. The molecule has 1 heterocycles. The molecule has 0 aromatic heterocycles. The zero-order valence-corrected chi connectivity index (χ0v) is 16.1. The van der Waals surface area contributed by atoms with Gasteiger partial charge < -0.3 is 19.5 Å². The summed E-state index contributed by atoms with van der Waals surface area (Å²) in [5.74, 6) is 0.973. The molecule has 1 atom stereocenters. The van der Waals surface area contributed by atoms with Gasteiger partial charge in [0.1, 0.15) is 17.6 Å². The van der Waals surface area contributed by atoms with Gasteiger partial charge in [-0.1, -0.05) is 11.6 Å². The first-order valence-electron chi connectivity index (χ1n) is 7.62. The lowest BCUT2D eigenvalue weighted by atomic mass is 9.94. The summed E-state index contributed by atoms with van der Waals surface area (Å²) in [7, 11) is 3.11. The number of nitrogens with zero attached hydrogens (tertiary/aromatic N) is 1. The van der Waals surface area contributed by atoms with E-state index in [4.69, 9.17) is 21.1 Å². The van der Waals surface area contributed by atoms with Gasteiger partial charge in [0, 0.05) is 20.6 Å². The van der Waals surface area contributed by atoms with Gasteiger partial charge in [0.15, 0.2) is 0 Å². The summed E-state index contributed by atoms with van der Waals surface area (Å²) in [5.41, 5.74) is 1.85. The van der Waals surface area contributed by atoms with E-state index in [-0.39, 0.29) is 12.5 Å². The SMILES string of the molecule is COc1ccc(OC)c2c1CN(C(=O)c1cc(Cl)ccc1Br)CC2O. The van der Waals surface area contributed by atoms with Crippen molar-refractivity contribution in [3.05, 3.63) is 56.5 Å². The van der Waals surface area contributed by atoms with E-state index in [9.17, 15) is 9.90 Å². The molecule has 7 heteroatoms. The van der Waals surface area contributed by atoms with Crippen molar-refractivity contribution in [1.82, 2.24) is 4.90 Å². The molecule has 1 aliphatic rings. The predicted octanol–water partition coefficient (Wildman–Crippen LogP) is 3.81. The van der Waals surface area contributed by atoms with Crippen molar-refractivity contribution in [1.29, 1.82) is 0 Å². The summed E-state index contributed by atoms with van der Waals surface area (Å²) in [6, 6.07) is 8.57. The average Bonchev–Trinajstić information content (AvgIpc) is 2.62. The Balaban J connectivity index is 2.01. The molecule has 0 spiro atoms. The Kier molecular flexibility index (Phi) is 5.22. The molecule has 25 heavy (non-hydrogen) atoms. The van der Waals surface area contributed by atoms with Gasteiger partial charge in [0.2, 0.25) is 0 Å². The van der Waals surface area contributed by atoms with E-state index < -0.39 is 6.10 Å². The van der Waals surface area contributed by atoms with E-state index in [1.807, 2.05) is 0 Å². The first kappa shape index (κ1) is 18.0. The topological polar surface area (TPSA) is 59.0 Å². The van der Waals surface area contributed by atoms with Crippen LogP contribution in [0.3, 0.4) is 0 Å². The number of ether oxygens (including phenoxy) is 2. The van der Waals surface area contributed by atoms with Crippen molar-refractivity contribution < 1.29 is 19.4 Å². The van der Waals surface area contributed by atoms with Crippen molar-refractivity contribution >= 4 is 33.4 Å². The van der Waals surface area contributed by atoms with Crippen LogP contribution in [0.4, 0.5) is 0 Å². The smallest absolute Gasteiger partial charge is 0.255 e. The van der Waals surface area contributed by atoms with Crippen LogP contribution < -0.4 is 9.47 Å². The molecule has 5 nitrogen and oxygen atoms in total. The normalized spacial score (nSPS) is 16.4. The van der Waals surface area contributed by atoms with Crippen molar-refractivity contribution in [2.45, 2.75) is 12.6 Å². The second kappa shape index (κ2) is 7.23. The Morgan fingerprint density at radius 1 is 1.24 bits per heavy atom.